The largest absolute Gasteiger partial charge is 0.462 e. The number of hydrogen-bond donors (Lipinski definition) is 0. The van der Waals surface area contributed by atoms with E-state index in [0.29, 0.717) is 12.6 Å². The van der Waals surface area contributed by atoms with Crippen LogP contribution in [-0.4, -0.2) is 29.6 Å². The van der Waals surface area contributed by atoms with Crippen LogP contribution in [-0.2, 0) is 9.53 Å². The van der Waals surface area contributed by atoms with Gasteiger partial charge >= 0.3 is 5.97 Å². The van der Waals surface area contributed by atoms with Crippen molar-refractivity contribution in [3.05, 3.63) is 48.0 Å². The molecule has 1 aromatic carbocycles. The van der Waals surface area contributed by atoms with Crippen LogP contribution in [0, 0.1) is 0 Å². The zero-order chi connectivity index (χ0) is 14.1. The van der Waals surface area contributed by atoms with Gasteiger partial charge in [0.2, 0.25) is 0 Å². The molecule has 0 radical (unpaired) electrons. The van der Waals surface area contributed by atoms with E-state index in [-0.39, 0.29) is 18.1 Å². The Kier molecular flexibility index (Phi) is 3.62. The van der Waals surface area contributed by atoms with Crippen molar-refractivity contribution in [3.8, 4) is 0 Å². The van der Waals surface area contributed by atoms with Crippen LogP contribution in [0.15, 0.2) is 42.5 Å². The summed E-state index contributed by atoms with van der Waals surface area (Å²) in [7, 11) is 0. The Morgan fingerprint density at radius 2 is 2.00 bits per heavy atom. The summed E-state index contributed by atoms with van der Waals surface area (Å²) in [6.45, 7) is 6.74. The molecule has 3 heteroatoms. The van der Waals surface area contributed by atoms with E-state index < -0.39 is 0 Å². The SMILES string of the molecule is C=C1C[C@@H](CC)N2[C@@H](c3ccccc3)COC(=O)[C@@H]2C1. The minimum atomic E-state index is -0.153. The first-order chi connectivity index (χ1) is 9.70. The van der Waals surface area contributed by atoms with Gasteiger partial charge in [-0.3, -0.25) is 9.69 Å². The van der Waals surface area contributed by atoms with E-state index in [1.807, 2.05) is 18.2 Å². The van der Waals surface area contributed by atoms with Crippen LogP contribution in [0.25, 0.3) is 0 Å². The van der Waals surface area contributed by atoms with Crippen LogP contribution in [0.4, 0.5) is 0 Å². The van der Waals surface area contributed by atoms with Crippen LogP contribution >= 0.6 is 0 Å². The molecule has 2 saturated heterocycles. The second kappa shape index (κ2) is 5.41. The van der Waals surface area contributed by atoms with Gasteiger partial charge in [0.15, 0.2) is 0 Å². The third-order valence-electron chi connectivity index (χ3n) is 4.46. The van der Waals surface area contributed by atoms with Gasteiger partial charge in [-0.15, -0.1) is 0 Å². The van der Waals surface area contributed by atoms with Gasteiger partial charge in [0, 0.05) is 6.04 Å². The topological polar surface area (TPSA) is 29.5 Å². The minimum Gasteiger partial charge on any atom is -0.462 e. The number of morpholine rings is 1. The highest BCUT2D eigenvalue weighted by Crippen LogP contribution is 2.38. The molecule has 0 N–H and O–H groups in total. The number of piperidine rings is 1. The molecule has 106 valence electrons. The van der Waals surface area contributed by atoms with Crippen molar-refractivity contribution in [2.24, 2.45) is 0 Å². The lowest BCUT2D eigenvalue weighted by Crippen LogP contribution is -2.57. The molecule has 2 heterocycles. The first-order valence-corrected chi connectivity index (χ1v) is 7.36. The molecule has 0 spiro atoms. The molecule has 20 heavy (non-hydrogen) atoms. The summed E-state index contributed by atoms with van der Waals surface area (Å²) in [6.07, 6.45) is 2.76. The Labute approximate surface area is 120 Å². The standard InChI is InChI=1S/C17H21NO2/c1-3-14-9-12(2)10-15-17(19)20-11-16(18(14)15)13-7-5-4-6-8-13/h4-8,14-16H,2-3,9-11H2,1H3/t14-,15+,16-/m1/s1. The molecular formula is C17H21NO2. The molecule has 0 bridgehead atoms. The van der Waals surface area contributed by atoms with Gasteiger partial charge in [-0.2, -0.15) is 0 Å². The molecule has 0 saturated carbocycles. The maximum atomic E-state index is 12.1. The van der Waals surface area contributed by atoms with Gasteiger partial charge in [0.25, 0.3) is 0 Å². The summed E-state index contributed by atoms with van der Waals surface area (Å²) in [4.78, 5) is 14.5. The molecule has 3 atom stereocenters. The number of carbonyl (C=O) groups is 1. The fraction of sp³-hybridized carbons (Fsp3) is 0.471. The van der Waals surface area contributed by atoms with E-state index >= 15 is 0 Å². The van der Waals surface area contributed by atoms with E-state index in [1.165, 1.54) is 11.1 Å². The highest BCUT2D eigenvalue weighted by molar-refractivity contribution is 5.77. The van der Waals surface area contributed by atoms with Crippen molar-refractivity contribution >= 4 is 5.97 Å². The number of benzene rings is 1. The molecule has 2 fully saturated rings. The first kappa shape index (κ1) is 13.4. The minimum absolute atomic E-state index is 0.0866. The van der Waals surface area contributed by atoms with Gasteiger partial charge in [-0.05, 0) is 24.8 Å². The number of cyclic esters (lactones) is 1. The number of hydrogen-bond acceptors (Lipinski definition) is 3. The first-order valence-electron chi connectivity index (χ1n) is 7.36. The third kappa shape index (κ3) is 2.27. The summed E-state index contributed by atoms with van der Waals surface area (Å²) in [5, 5.41) is 0. The Balaban J connectivity index is 1.95. The van der Waals surface area contributed by atoms with E-state index in [4.69, 9.17) is 4.74 Å². The highest BCUT2D eigenvalue weighted by atomic mass is 16.5. The molecule has 2 aliphatic heterocycles. The normalized spacial score (nSPS) is 30.8. The smallest absolute Gasteiger partial charge is 0.323 e. The van der Waals surface area contributed by atoms with Gasteiger partial charge in [-0.1, -0.05) is 49.4 Å². The zero-order valence-corrected chi connectivity index (χ0v) is 11.9. The fourth-order valence-electron chi connectivity index (χ4n) is 3.47. The van der Waals surface area contributed by atoms with Gasteiger partial charge in [-0.25, -0.2) is 0 Å². The van der Waals surface area contributed by atoms with Crippen LogP contribution in [0.2, 0.25) is 0 Å². The second-order valence-corrected chi connectivity index (χ2v) is 5.74. The predicted octanol–water partition coefficient (Wildman–Crippen LogP) is 3.08. The van der Waals surface area contributed by atoms with Crippen LogP contribution in [0.1, 0.15) is 37.8 Å². The van der Waals surface area contributed by atoms with E-state index in [9.17, 15) is 4.79 Å². The Bertz CT molecular complexity index is 511. The number of ether oxygens (including phenoxy) is 1. The van der Waals surface area contributed by atoms with Crippen molar-refractivity contribution < 1.29 is 9.53 Å². The molecule has 0 amide bonds. The van der Waals surface area contributed by atoms with Gasteiger partial charge in [0.05, 0.1) is 6.04 Å². The van der Waals surface area contributed by atoms with Crippen LogP contribution in [0.5, 0.6) is 0 Å². The molecule has 3 rings (SSSR count). The van der Waals surface area contributed by atoms with Gasteiger partial charge in [0.1, 0.15) is 12.6 Å². The van der Waals surface area contributed by atoms with Crippen molar-refractivity contribution in [2.45, 2.75) is 44.3 Å². The lowest BCUT2D eigenvalue weighted by molar-refractivity contribution is -0.167. The Morgan fingerprint density at radius 1 is 1.25 bits per heavy atom. The van der Waals surface area contributed by atoms with Crippen molar-refractivity contribution in [2.75, 3.05) is 6.61 Å². The lowest BCUT2D eigenvalue weighted by Gasteiger charge is -2.48. The third-order valence-corrected chi connectivity index (χ3v) is 4.46. The highest BCUT2D eigenvalue weighted by Gasteiger charge is 2.44. The van der Waals surface area contributed by atoms with Crippen LogP contribution < -0.4 is 0 Å². The number of esters is 1. The maximum absolute atomic E-state index is 12.1. The molecular weight excluding hydrogens is 250 g/mol. The van der Waals surface area contributed by atoms with E-state index in [1.54, 1.807) is 0 Å². The quantitative estimate of drug-likeness (QED) is 0.611. The number of nitrogens with zero attached hydrogens (tertiary/aromatic N) is 1. The number of carbonyl (C=O) groups excluding carboxylic acids is 1. The number of fused-ring (bicyclic) bond motifs is 1. The Morgan fingerprint density at radius 3 is 2.70 bits per heavy atom. The number of rotatable bonds is 2. The average molecular weight is 271 g/mol. The monoisotopic (exact) mass is 271 g/mol. The Hall–Kier alpha value is -1.61. The van der Waals surface area contributed by atoms with Gasteiger partial charge < -0.3 is 4.74 Å². The fourth-order valence-corrected chi connectivity index (χ4v) is 3.47. The summed E-state index contributed by atoms with van der Waals surface area (Å²) in [5.41, 5.74) is 2.40. The summed E-state index contributed by atoms with van der Waals surface area (Å²) in [6, 6.07) is 10.8. The van der Waals surface area contributed by atoms with E-state index in [2.05, 4.69) is 30.5 Å². The van der Waals surface area contributed by atoms with Crippen molar-refractivity contribution in [1.29, 1.82) is 0 Å². The average Bonchev–Trinajstić information content (AvgIpc) is 2.48. The maximum Gasteiger partial charge on any atom is 0.323 e. The molecule has 2 aliphatic rings. The van der Waals surface area contributed by atoms with Crippen molar-refractivity contribution in [1.82, 2.24) is 4.90 Å². The predicted molar refractivity (Wildman–Crippen MR) is 78.2 cm³/mol. The summed E-state index contributed by atoms with van der Waals surface area (Å²) >= 11 is 0. The summed E-state index contributed by atoms with van der Waals surface area (Å²) in [5.74, 6) is -0.0866. The summed E-state index contributed by atoms with van der Waals surface area (Å²) < 4.78 is 5.43. The lowest BCUT2D eigenvalue weighted by atomic mass is 9.86. The van der Waals surface area contributed by atoms with E-state index in [0.717, 1.165) is 19.3 Å². The molecule has 1 aromatic rings. The zero-order valence-electron chi connectivity index (χ0n) is 11.9. The molecule has 3 nitrogen and oxygen atoms in total. The molecule has 0 aliphatic carbocycles. The van der Waals surface area contributed by atoms with Crippen LogP contribution in [0.3, 0.4) is 0 Å². The van der Waals surface area contributed by atoms with Crippen molar-refractivity contribution in [3.63, 3.8) is 0 Å². The second-order valence-electron chi connectivity index (χ2n) is 5.74. The molecule has 0 unspecified atom stereocenters. The molecule has 0 aromatic heterocycles.